The second-order valence-electron chi connectivity index (χ2n) is 10.4. The maximum atomic E-state index is 14.0. The number of carbonyl (C=O) groups is 2. The van der Waals surface area contributed by atoms with Gasteiger partial charge in [-0.15, -0.1) is 0 Å². The molecule has 9 nitrogen and oxygen atoms in total. The van der Waals surface area contributed by atoms with Crippen molar-refractivity contribution in [3.05, 3.63) is 100.0 Å². The van der Waals surface area contributed by atoms with E-state index in [1.165, 1.54) is 17.2 Å². The lowest BCUT2D eigenvalue weighted by Gasteiger charge is -2.21. The van der Waals surface area contributed by atoms with Crippen molar-refractivity contribution in [3.63, 3.8) is 0 Å². The summed E-state index contributed by atoms with van der Waals surface area (Å²) in [6.45, 7) is 3.11. The first-order valence-corrected chi connectivity index (χ1v) is 14.3. The maximum Gasteiger partial charge on any atom is 0.228 e. The Morgan fingerprint density at radius 1 is 1.16 bits per heavy atom. The van der Waals surface area contributed by atoms with Crippen LogP contribution in [0.4, 0.5) is 10.2 Å². The van der Waals surface area contributed by atoms with Crippen molar-refractivity contribution in [1.82, 2.24) is 19.8 Å². The molecule has 1 aromatic heterocycles. The van der Waals surface area contributed by atoms with E-state index in [9.17, 15) is 19.1 Å². The molecule has 1 aliphatic rings. The molecule has 2 N–H and O–H groups in total. The summed E-state index contributed by atoms with van der Waals surface area (Å²) in [6.07, 6.45) is 2.27. The molecule has 0 aliphatic carbocycles. The monoisotopic (exact) mass is 605 g/mol. The SMILES string of the molecule is CN(CCC(=O)NC=O)c1cnc(-c2ccc3c(c2)CN(Cc2ccc(OCc4c(F)cccc4Cl)cc2)C3)n1CCO. The third kappa shape index (κ3) is 7.22. The third-order valence-corrected chi connectivity index (χ3v) is 7.82. The lowest BCUT2D eigenvalue weighted by Crippen LogP contribution is -2.29. The summed E-state index contributed by atoms with van der Waals surface area (Å²) in [5.74, 6) is 1.41. The molecule has 4 aromatic rings. The Kier molecular flexibility index (Phi) is 9.71. The molecule has 0 radical (unpaired) electrons. The second-order valence-corrected chi connectivity index (χ2v) is 10.8. The number of ether oxygens (including phenoxy) is 1. The van der Waals surface area contributed by atoms with Gasteiger partial charge in [0.25, 0.3) is 0 Å². The van der Waals surface area contributed by atoms with Crippen molar-refractivity contribution in [2.24, 2.45) is 0 Å². The number of hydrogen-bond acceptors (Lipinski definition) is 7. The van der Waals surface area contributed by atoms with Gasteiger partial charge in [-0.25, -0.2) is 9.37 Å². The van der Waals surface area contributed by atoms with Gasteiger partial charge in [-0.1, -0.05) is 41.9 Å². The number of carbonyl (C=O) groups excluding carboxylic acids is 2. The first-order valence-electron chi connectivity index (χ1n) is 14.0. The van der Waals surface area contributed by atoms with Gasteiger partial charge in [-0.05, 0) is 47.0 Å². The van der Waals surface area contributed by atoms with Gasteiger partial charge in [0.2, 0.25) is 12.3 Å². The van der Waals surface area contributed by atoms with E-state index in [1.807, 2.05) is 46.8 Å². The van der Waals surface area contributed by atoms with Gasteiger partial charge in [0.1, 0.15) is 29.8 Å². The van der Waals surface area contributed by atoms with Crippen LogP contribution in [0, 0.1) is 5.82 Å². The number of aliphatic hydroxyl groups is 1. The molecule has 0 saturated heterocycles. The molecule has 1 aliphatic heterocycles. The van der Waals surface area contributed by atoms with E-state index in [0.29, 0.717) is 35.8 Å². The van der Waals surface area contributed by atoms with Crippen LogP contribution in [-0.4, -0.2) is 52.1 Å². The Balaban J connectivity index is 1.22. The van der Waals surface area contributed by atoms with Crippen LogP contribution < -0.4 is 15.0 Å². The fraction of sp³-hybridized carbons (Fsp3) is 0.281. The summed E-state index contributed by atoms with van der Waals surface area (Å²) in [6, 6.07) is 18.7. The zero-order valence-electron chi connectivity index (χ0n) is 23.8. The van der Waals surface area contributed by atoms with Gasteiger partial charge >= 0.3 is 0 Å². The zero-order valence-corrected chi connectivity index (χ0v) is 24.6. The number of amides is 2. The molecule has 224 valence electrons. The molecule has 0 saturated carbocycles. The van der Waals surface area contributed by atoms with Crippen LogP contribution in [0.5, 0.6) is 5.75 Å². The van der Waals surface area contributed by atoms with Crippen LogP contribution in [0.25, 0.3) is 11.4 Å². The largest absolute Gasteiger partial charge is 0.489 e. The molecule has 0 unspecified atom stereocenters. The predicted octanol–water partition coefficient (Wildman–Crippen LogP) is 4.53. The number of nitrogens with one attached hydrogen (secondary N) is 1. The summed E-state index contributed by atoms with van der Waals surface area (Å²) >= 11 is 6.10. The summed E-state index contributed by atoms with van der Waals surface area (Å²) in [7, 11) is 1.85. The first-order chi connectivity index (χ1) is 20.9. The number of aliphatic hydroxyl groups excluding tert-OH is 1. The minimum Gasteiger partial charge on any atom is -0.489 e. The Hall–Kier alpha value is -4.25. The highest BCUT2D eigenvalue weighted by Crippen LogP contribution is 2.31. The molecule has 2 amide bonds. The average molecular weight is 606 g/mol. The standard InChI is InChI=1S/C32H33ClFN5O4/c1-37(12-11-30(42)36-21-41)31-16-35-32(39(31)13-14-40)23-7-8-24-18-38(19-25(24)15-23)17-22-5-9-26(10-6-22)43-20-27-28(33)3-2-4-29(27)34/h2-10,15-16,21,40H,11-14,17-20H2,1H3,(H,36,41,42). The van der Waals surface area contributed by atoms with E-state index in [-0.39, 0.29) is 31.4 Å². The molecule has 0 bridgehead atoms. The van der Waals surface area contributed by atoms with Crippen LogP contribution >= 0.6 is 11.6 Å². The van der Waals surface area contributed by atoms with Gasteiger partial charge in [0, 0.05) is 57.3 Å². The lowest BCUT2D eigenvalue weighted by atomic mass is 10.1. The smallest absolute Gasteiger partial charge is 0.228 e. The third-order valence-electron chi connectivity index (χ3n) is 7.47. The van der Waals surface area contributed by atoms with Gasteiger partial charge in [-0.3, -0.25) is 19.8 Å². The fourth-order valence-electron chi connectivity index (χ4n) is 5.23. The van der Waals surface area contributed by atoms with Gasteiger partial charge in [0.15, 0.2) is 0 Å². The van der Waals surface area contributed by atoms with E-state index in [4.69, 9.17) is 16.3 Å². The molecule has 5 rings (SSSR count). The maximum absolute atomic E-state index is 14.0. The average Bonchev–Trinajstić information content (AvgIpc) is 3.60. The van der Waals surface area contributed by atoms with E-state index < -0.39 is 0 Å². The quantitative estimate of drug-likeness (QED) is 0.216. The summed E-state index contributed by atoms with van der Waals surface area (Å²) in [4.78, 5) is 31.1. The van der Waals surface area contributed by atoms with Gasteiger partial charge < -0.3 is 19.3 Å². The number of hydrogen-bond donors (Lipinski definition) is 2. The van der Waals surface area contributed by atoms with E-state index in [2.05, 4.69) is 27.3 Å². The summed E-state index contributed by atoms with van der Waals surface area (Å²) in [5, 5.41) is 12.2. The van der Waals surface area contributed by atoms with Crippen LogP contribution in [0.1, 0.15) is 28.7 Å². The zero-order chi connectivity index (χ0) is 30.3. The molecule has 43 heavy (non-hydrogen) atoms. The van der Waals surface area contributed by atoms with Crippen LogP contribution in [0.2, 0.25) is 5.02 Å². The predicted molar refractivity (Wildman–Crippen MR) is 162 cm³/mol. The van der Waals surface area contributed by atoms with Crippen molar-refractivity contribution in [2.45, 2.75) is 39.2 Å². The molecular formula is C32H33ClFN5O4. The fourth-order valence-corrected chi connectivity index (χ4v) is 5.45. The second kappa shape index (κ2) is 13.8. The number of halogens is 2. The minimum atomic E-state index is -0.385. The summed E-state index contributed by atoms with van der Waals surface area (Å²) in [5.41, 5.74) is 4.90. The number of imidazole rings is 1. The molecule has 11 heteroatoms. The molecule has 0 atom stereocenters. The Bertz CT molecular complexity index is 1570. The highest BCUT2D eigenvalue weighted by Gasteiger charge is 2.22. The molecule has 0 spiro atoms. The summed E-state index contributed by atoms with van der Waals surface area (Å²) < 4.78 is 21.7. The van der Waals surface area contributed by atoms with E-state index >= 15 is 0 Å². The Labute approximate surface area is 254 Å². The molecular weight excluding hydrogens is 573 g/mol. The molecule has 3 aromatic carbocycles. The van der Waals surface area contributed by atoms with Crippen molar-refractivity contribution in [2.75, 3.05) is 25.1 Å². The van der Waals surface area contributed by atoms with Crippen molar-refractivity contribution in [1.29, 1.82) is 0 Å². The van der Waals surface area contributed by atoms with Crippen LogP contribution in [-0.2, 0) is 42.4 Å². The Morgan fingerprint density at radius 2 is 1.95 bits per heavy atom. The van der Waals surface area contributed by atoms with E-state index in [0.717, 1.165) is 42.4 Å². The topological polar surface area (TPSA) is 99.9 Å². The number of benzene rings is 3. The number of imide groups is 1. The molecule has 0 fully saturated rings. The number of nitrogens with zero attached hydrogens (tertiary/aromatic N) is 4. The number of aromatic nitrogens is 2. The lowest BCUT2D eigenvalue weighted by molar-refractivity contribution is -0.125. The Morgan fingerprint density at radius 3 is 2.70 bits per heavy atom. The van der Waals surface area contributed by atoms with Crippen LogP contribution in [0.3, 0.4) is 0 Å². The van der Waals surface area contributed by atoms with E-state index in [1.54, 1.807) is 18.3 Å². The van der Waals surface area contributed by atoms with Crippen molar-refractivity contribution in [3.8, 4) is 17.1 Å². The number of fused-ring (bicyclic) bond motifs is 1. The number of anilines is 1. The van der Waals surface area contributed by atoms with Gasteiger partial charge in [0.05, 0.1) is 17.8 Å². The normalized spacial score (nSPS) is 12.7. The molecule has 2 heterocycles. The van der Waals surface area contributed by atoms with Crippen molar-refractivity contribution >= 4 is 29.7 Å². The van der Waals surface area contributed by atoms with Crippen molar-refractivity contribution < 1.29 is 23.8 Å². The van der Waals surface area contributed by atoms with Gasteiger partial charge in [-0.2, -0.15) is 0 Å². The highest BCUT2D eigenvalue weighted by molar-refractivity contribution is 6.31. The van der Waals surface area contributed by atoms with Crippen LogP contribution in [0.15, 0.2) is 66.9 Å². The number of rotatable bonds is 13. The highest BCUT2D eigenvalue weighted by atomic mass is 35.5. The first kappa shape index (κ1) is 30.2. The minimum absolute atomic E-state index is 0.0570.